The van der Waals surface area contributed by atoms with Gasteiger partial charge in [-0.25, -0.2) is 4.79 Å². The topological polar surface area (TPSA) is 148 Å². The number of carboxylic acids is 1. The van der Waals surface area contributed by atoms with Gasteiger partial charge in [-0.3, -0.25) is 14.4 Å². The van der Waals surface area contributed by atoms with E-state index in [-0.39, 0.29) is 25.4 Å². The summed E-state index contributed by atoms with van der Waals surface area (Å²) in [6, 6.07) is 13.4. The van der Waals surface area contributed by atoms with Crippen molar-refractivity contribution in [3.8, 4) is 11.1 Å². The summed E-state index contributed by atoms with van der Waals surface area (Å²) in [5, 5.41) is 13.7. The first-order valence-electron chi connectivity index (χ1n) is 10.2. The Hall–Kier alpha value is -3.88. The van der Waals surface area contributed by atoms with E-state index in [1.165, 1.54) is 6.92 Å². The largest absolute Gasteiger partial charge is 0.480 e. The summed E-state index contributed by atoms with van der Waals surface area (Å²) < 4.78 is 5.42. The molecule has 9 nitrogen and oxygen atoms in total. The van der Waals surface area contributed by atoms with E-state index in [1.54, 1.807) is 0 Å². The van der Waals surface area contributed by atoms with Gasteiger partial charge in [0.05, 0.1) is 0 Å². The number of benzene rings is 2. The SMILES string of the molecule is C[C@H](NC(=O)[C@H](CCC(N)=O)NC(=O)OCC1c2ccccc2-c2ccccc21)C(=O)O. The number of carbonyl (C=O) groups excluding carboxylic acids is 3. The van der Waals surface area contributed by atoms with E-state index in [0.717, 1.165) is 22.3 Å². The first-order valence-corrected chi connectivity index (χ1v) is 10.2. The third kappa shape index (κ3) is 5.23. The quantitative estimate of drug-likeness (QED) is 0.468. The number of nitrogens with one attached hydrogen (secondary N) is 2. The second-order valence-corrected chi connectivity index (χ2v) is 7.60. The van der Waals surface area contributed by atoms with Gasteiger partial charge in [-0.2, -0.15) is 0 Å². The Kier molecular flexibility index (Phi) is 7.09. The number of primary amides is 1. The van der Waals surface area contributed by atoms with Gasteiger partial charge in [0.1, 0.15) is 18.7 Å². The maximum absolute atomic E-state index is 12.5. The van der Waals surface area contributed by atoms with Crippen LogP contribution in [0, 0.1) is 0 Å². The number of carbonyl (C=O) groups is 4. The molecule has 3 rings (SSSR count). The van der Waals surface area contributed by atoms with Crippen molar-refractivity contribution in [1.29, 1.82) is 0 Å². The van der Waals surface area contributed by atoms with Gasteiger partial charge in [0.15, 0.2) is 0 Å². The van der Waals surface area contributed by atoms with Gasteiger partial charge in [-0.15, -0.1) is 0 Å². The van der Waals surface area contributed by atoms with Gasteiger partial charge >= 0.3 is 12.1 Å². The van der Waals surface area contributed by atoms with Crippen molar-refractivity contribution in [1.82, 2.24) is 10.6 Å². The minimum absolute atomic E-state index is 0.0511. The lowest BCUT2D eigenvalue weighted by molar-refractivity contribution is -0.141. The molecular formula is C23H25N3O6. The normalized spacial score (nSPS) is 13.9. The number of ether oxygens (including phenoxy) is 1. The molecule has 0 radical (unpaired) electrons. The fourth-order valence-corrected chi connectivity index (χ4v) is 3.71. The molecule has 0 spiro atoms. The second kappa shape index (κ2) is 9.95. The van der Waals surface area contributed by atoms with Crippen molar-refractivity contribution in [3.05, 3.63) is 59.7 Å². The first-order chi connectivity index (χ1) is 15.3. The number of amides is 3. The Morgan fingerprint density at radius 1 is 1.00 bits per heavy atom. The highest BCUT2D eigenvalue weighted by Crippen LogP contribution is 2.44. The third-order valence-corrected chi connectivity index (χ3v) is 5.36. The van der Waals surface area contributed by atoms with E-state index >= 15 is 0 Å². The lowest BCUT2D eigenvalue weighted by Gasteiger charge is -2.20. The number of carboxylic acid groups (broad SMARTS) is 1. The van der Waals surface area contributed by atoms with Crippen molar-refractivity contribution in [2.24, 2.45) is 5.73 Å². The molecule has 168 valence electrons. The zero-order valence-corrected chi connectivity index (χ0v) is 17.5. The van der Waals surface area contributed by atoms with Crippen LogP contribution in [0.4, 0.5) is 4.79 Å². The van der Waals surface area contributed by atoms with Crippen LogP contribution in [0.1, 0.15) is 36.8 Å². The first kappa shape index (κ1) is 22.8. The smallest absolute Gasteiger partial charge is 0.407 e. The zero-order valence-electron chi connectivity index (χ0n) is 17.5. The molecule has 0 saturated heterocycles. The van der Waals surface area contributed by atoms with Crippen LogP contribution in [0.3, 0.4) is 0 Å². The lowest BCUT2D eigenvalue weighted by Crippen LogP contribution is -2.51. The molecule has 0 aliphatic heterocycles. The van der Waals surface area contributed by atoms with Crippen LogP contribution in [-0.2, 0) is 19.1 Å². The molecule has 5 N–H and O–H groups in total. The van der Waals surface area contributed by atoms with Crippen molar-refractivity contribution in [3.63, 3.8) is 0 Å². The number of nitrogens with two attached hydrogens (primary N) is 1. The predicted octanol–water partition coefficient (Wildman–Crippen LogP) is 1.75. The molecule has 32 heavy (non-hydrogen) atoms. The van der Waals surface area contributed by atoms with Gasteiger partial charge in [-0.1, -0.05) is 48.5 Å². The number of hydrogen-bond donors (Lipinski definition) is 4. The summed E-state index contributed by atoms with van der Waals surface area (Å²) in [4.78, 5) is 47.0. The average Bonchev–Trinajstić information content (AvgIpc) is 3.08. The van der Waals surface area contributed by atoms with Crippen molar-refractivity contribution >= 4 is 23.9 Å². The molecule has 0 aromatic heterocycles. The minimum atomic E-state index is -1.23. The van der Waals surface area contributed by atoms with Gasteiger partial charge in [-0.05, 0) is 35.6 Å². The maximum Gasteiger partial charge on any atom is 0.407 e. The number of hydrogen-bond acceptors (Lipinski definition) is 5. The Bertz CT molecular complexity index is 992. The number of aliphatic carboxylic acids is 1. The number of alkyl carbamates (subject to hydrolysis) is 1. The van der Waals surface area contributed by atoms with Crippen molar-refractivity contribution in [2.45, 2.75) is 37.8 Å². The molecule has 3 amide bonds. The Balaban J connectivity index is 1.66. The van der Waals surface area contributed by atoms with Crippen LogP contribution in [-0.4, -0.2) is 47.7 Å². The van der Waals surface area contributed by atoms with Gasteiger partial charge in [0.2, 0.25) is 11.8 Å². The van der Waals surface area contributed by atoms with E-state index in [1.807, 2.05) is 48.5 Å². The Labute approximate surface area is 184 Å². The molecule has 0 bridgehead atoms. The predicted molar refractivity (Wildman–Crippen MR) is 116 cm³/mol. The summed E-state index contributed by atoms with van der Waals surface area (Å²) in [6.07, 6.45) is -1.10. The van der Waals surface area contributed by atoms with E-state index in [4.69, 9.17) is 15.6 Å². The van der Waals surface area contributed by atoms with Crippen LogP contribution in [0.5, 0.6) is 0 Å². The van der Waals surface area contributed by atoms with Gasteiger partial charge in [0, 0.05) is 12.3 Å². The maximum atomic E-state index is 12.5. The van der Waals surface area contributed by atoms with Crippen molar-refractivity contribution < 1.29 is 29.0 Å². The van der Waals surface area contributed by atoms with E-state index in [9.17, 15) is 19.2 Å². The molecule has 2 atom stereocenters. The van der Waals surface area contributed by atoms with Crippen LogP contribution >= 0.6 is 0 Å². The van der Waals surface area contributed by atoms with Crippen molar-refractivity contribution in [2.75, 3.05) is 6.61 Å². The van der Waals surface area contributed by atoms with E-state index in [0.29, 0.717) is 0 Å². The molecule has 2 aromatic rings. The summed E-state index contributed by atoms with van der Waals surface area (Å²) in [6.45, 7) is 1.34. The molecule has 0 saturated carbocycles. The lowest BCUT2D eigenvalue weighted by atomic mass is 9.98. The molecule has 1 aliphatic carbocycles. The highest BCUT2D eigenvalue weighted by molar-refractivity contribution is 5.89. The van der Waals surface area contributed by atoms with Crippen LogP contribution < -0.4 is 16.4 Å². The molecule has 0 fully saturated rings. The second-order valence-electron chi connectivity index (χ2n) is 7.60. The molecular weight excluding hydrogens is 414 g/mol. The monoisotopic (exact) mass is 439 g/mol. The summed E-state index contributed by atoms with van der Waals surface area (Å²) in [5.41, 5.74) is 9.39. The summed E-state index contributed by atoms with van der Waals surface area (Å²) in [5.74, 6) is -2.77. The van der Waals surface area contributed by atoms with E-state index < -0.39 is 36.0 Å². The average molecular weight is 439 g/mol. The highest BCUT2D eigenvalue weighted by Gasteiger charge is 2.30. The van der Waals surface area contributed by atoms with Gasteiger partial charge in [0.25, 0.3) is 0 Å². The number of fused-ring (bicyclic) bond motifs is 3. The van der Waals surface area contributed by atoms with Crippen LogP contribution in [0.2, 0.25) is 0 Å². The zero-order chi connectivity index (χ0) is 23.3. The Morgan fingerprint density at radius 3 is 2.09 bits per heavy atom. The Morgan fingerprint density at radius 2 is 1.56 bits per heavy atom. The molecule has 9 heteroatoms. The van der Waals surface area contributed by atoms with Crippen LogP contribution in [0.25, 0.3) is 11.1 Å². The molecule has 1 aliphatic rings. The minimum Gasteiger partial charge on any atom is -0.480 e. The molecule has 0 heterocycles. The fourth-order valence-electron chi connectivity index (χ4n) is 3.71. The highest BCUT2D eigenvalue weighted by atomic mass is 16.5. The van der Waals surface area contributed by atoms with E-state index in [2.05, 4.69) is 10.6 Å². The molecule has 0 unspecified atom stereocenters. The standard InChI is InChI=1S/C23H25N3O6/c1-13(22(29)30)25-21(28)19(10-11-20(24)27)26-23(31)32-12-18-16-8-4-2-6-14(16)15-7-3-5-9-17(15)18/h2-9,13,18-19H,10-12H2,1H3,(H2,24,27)(H,25,28)(H,26,31)(H,29,30)/t13-,19-/m0/s1. The molecule has 2 aromatic carbocycles. The summed E-state index contributed by atoms with van der Waals surface area (Å²) in [7, 11) is 0. The third-order valence-electron chi connectivity index (χ3n) is 5.36. The van der Waals surface area contributed by atoms with Crippen LogP contribution in [0.15, 0.2) is 48.5 Å². The van der Waals surface area contributed by atoms with Gasteiger partial charge < -0.3 is 26.2 Å². The number of rotatable bonds is 9. The fraction of sp³-hybridized carbons (Fsp3) is 0.304. The summed E-state index contributed by atoms with van der Waals surface area (Å²) >= 11 is 0.